The van der Waals surface area contributed by atoms with E-state index in [1.807, 2.05) is 19.1 Å². The number of carboxylic acid groups (broad SMARTS) is 1. The predicted molar refractivity (Wildman–Crippen MR) is 53.9 cm³/mol. The molecule has 3 heteroatoms. The Morgan fingerprint density at radius 1 is 1.43 bits per heavy atom. The molecule has 0 aromatic carbocycles. The molecule has 0 spiro atoms. The number of hydrogen-bond donors (Lipinski definition) is 2. The number of rotatable bonds is 4. The zero-order valence-corrected chi connectivity index (χ0v) is 8.52. The number of allylic oxidation sites excluding steroid dienone is 2. The molecule has 0 radical (unpaired) electrons. The SMILES string of the molecule is CCC=CC[C@H]1[C@@H](C(=O)O)CC[C@@H]1O. The number of aliphatic hydroxyl groups excluding tert-OH is 1. The van der Waals surface area contributed by atoms with E-state index in [0.29, 0.717) is 19.3 Å². The largest absolute Gasteiger partial charge is 0.481 e. The first-order valence-corrected chi connectivity index (χ1v) is 5.22. The summed E-state index contributed by atoms with van der Waals surface area (Å²) in [5.74, 6) is -1.21. The van der Waals surface area contributed by atoms with Gasteiger partial charge in [-0.3, -0.25) is 4.79 Å². The average molecular weight is 198 g/mol. The summed E-state index contributed by atoms with van der Waals surface area (Å²) >= 11 is 0. The summed E-state index contributed by atoms with van der Waals surface area (Å²) in [7, 11) is 0. The van der Waals surface area contributed by atoms with Crippen molar-refractivity contribution in [1.82, 2.24) is 0 Å². The molecule has 1 fully saturated rings. The third kappa shape index (κ3) is 2.58. The van der Waals surface area contributed by atoms with E-state index < -0.39 is 12.1 Å². The second kappa shape index (κ2) is 5.15. The van der Waals surface area contributed by atoms with E-state index in [1.165, 1.54) is 0 Å². The van der Waals surface area contributed by atoms with Crippen molar-refractivity contribution in [2.45, 2.75) is 38.7 Å². The molecule has 1 saturated carbocycles. The molecule has 1 aliphatic carbocycles. The van der Waals surface area contributed by atoms with Crippen molar-refractivity contribution < 1.29 is 15.0 Å². The normalized spacial score (nSPS) is 32.6. The summed E-state index contributed by atoms with van der Waals surface area (Å²) in [5.41, 5.74) is 0. The van der Waals surface area contributed by atoms with Crippen molar-refractivity contribution in [3.05, 3.63) is 12.2 Å². The molecule has 0 aromatic heterocycles. The van der Waals surface area contributed by atoms with Gasteiger partial charge in [0.25, 0.3) is 0 Å². The number of carbonyl (C=O) groups is 1. The molecule has 0 saturated heterocycles. The lowest BCUT2D eigenvalue weighted by molar-refractivity contribution is -0.143. The van der Waals surface area contributed by atoms with Gasteiger partial charge in [0.2, 0.25) is 0 Å². The molecule has 1 aliphatic rings. The molecular formula is C11H18O3. The van der Waals surface area contributed by atoms with Gasteiger partial charge in [0.1, 0.15) is 0 Å². The minimum atomic E-state index is -0.767. The van der Waals surface area contributed by atoms with E-state index in [9.17, 15) is 9.90 Å². The molecule has 0 aliphatic heterocycles. The Morgan fingerprint density at radius 2 is 2.14 bits per heavy atom. The van der Waals surface area contributed by atoms with Gasteiger partial charge in [-0.1, -0.05) is 19.1 Å². The van der Waals surface area contributed by atoms with Crippen molar-refractivity contribution in [2.75, 3.05) is 0 Å². The number of aliphatic hydroxyl groups is 1. The van der Waals surface area contributed by atoms with Crippen LogP contribution in [0.15, 0.2) is 12.2 Å². The maximum absolute atomic E-state index is 10.9. The lowest BCUT2D eigenvalue weighted by atomic mass is 9.91. The highest BCUT2D eigenvalue weighted by Crippen LogP contribution is 2.34. The fraction of sp³-hybridized carbons (Fsp3) is 0.727. The summed E-state index contributed by atoms with van der Waals surface area (Å²) in [6, 6.07) is 0. The standard InChI is InChI=1S/C11H18O3/c1-2-3-4-5-8-9(11(13)14)6-7-10(8)12/h3-4,8-10,12H,2,5-7H2,1H3,(H,13,14)/t8-,9-,10-/m0/s1. The molecular weight excluding hydrogens is 180 g/mol. The van der Waals surface area contributed by atoms with Crippen LogP contribution in [-0.4, -0.2) is 22.3 Å². The Hall–Kier alpha value is -0.830. The molecule has 1 rings (SSSR count). The number of aliphatic carboxylic acids is 1. The Bertz CT molecular complexity index is 223. The van der Waals surface area contributed by atoms with Crippen LogP contribution in [0.1, 0.15) is 32.6 Å². The van der Waals surface area contributed by atoms with Crippen LogP contribution < -0.4 is 0 Å². The Morgan fingerprint density at radius 3 is 2.71 bits per heavy atom. The number of carboxylic acids is 1. The smallest absolute Gasteiger partial charge is 0.306 e. The molecule has 0 amide bonds. The summed E-state index contributed by atoms with van der Waals surface area (Å²) in [4.78, 5) is 10.9. The highest BCUT2D eigenvalue weighted by atomic mass is 16.4. The average Bonchev–Trinajstić information content (AvgIpc) is 2.48. The quantitative estimate of drug-likeness (QED) is 0.677. The van der Waals surface area contributed by atoms with Gasteiger partial charge in [0.05, 0.1) is 12.0 Å². The van der Waals surface area contributed by atoms with E-state index in [2.05, 4.69) is 0 Å². The van der Waals surface area contributed by atoms with Gasteiger partial charge in [-0.2, -0.15) is 0 Å². The van der Waals surface area contributed by atoms with Gasteiger partial charge < -0.3 is 10.2 Å². The van der Waals surface area contributed by atoms with Gasteiger partial charge in [0, 0.05) is 5.92 Å². The van der Waals surface area contributed by atoms with E-state index in [-0.39, 0.29) is 11.8 Å². The fourth-order valence-corrected chi connectivity index (χ4v) is 2.09. The van der Waals surface area contributed by atoms with Crippen LogP contribution in [0.5, 0.6) is 0 Å². The second-order valence-corrected chi connectivity index (χ2v) is 3.87. The molecule has 14 heavy (non-hydrogen) atoms. The van der Waals surface area contributed by atoms with Crippen molar-refractivity contribution >= 4 is 5.97 Å². The zero-order chi connectivity index (χ0) is 10.6. The molecule has 0 bridgehead atoms. The Balaban J connectivity index is 2.53. The van der Waals surface area contributed by atoms with Gasteiger partial charge in [0.15, 0.2) is 0 Å². The monoisotopic (exact) mass is 198 g/mol. The molecule has 3 atom stereocenters. The van der Waals surface area contributed by atoms with Crippen LogP contribution in [0, 0.1) is 11.8 Å². The van der Waals surface area contributed by atoms with E-state index in [1.54, 1.807) is 0 Å². The first-order chi connectivity index (χ1) is 6.66. The zero-order valence-electron chi connectivity index (χ0n) is 8.52. The Kier molecular flexibility index (Phi) is 4.14. The highest BCUT2D eigenvalue weighted by molar-refractivity contribution is 5.70. The molecule has 0 heterocycles. The van der Waals surface area contributed by atoms with Crippen LogP contribution in [0.2, 0.25) is 0 Å². The van der Waals surface area contributed by atoms with Gasteiger partial charge in [-0.15, -0.1) is 0 Å². The first kappa shape index (κ1) is 11.2. The molecule has 80 valence electrons. The summed E-state index contributed by atoms with van der Waals surface area (Å²) in [6.45, 7) is 2.04. The Labute approximate surface area is 84.4 Å². The van der Waals surface area contributed by atoms with Crippen LogP contribution in [0.4, 0.5) is 0 Å². The van der Waals surface area contributed by atoms with Crippen LogP contribution in [0.3, 0.4) is 0 Å². The van der Waals surface area contributed by atoms with E-state index in [0.717, 1.165) is 6.42 Å². The maximum atomic E-state index is 10.9. The topological polar surface area (TPSA) is 57.5 Å². The summed E-state index contributed by atoms with van der Waals surface area (Å²) < 4.78 is 0. The van der Waals surface area contributed by atoms with E-state index >= 15 is 0 Å². The first-order valence-electron chi connectivity index (χ1n) is 5.22. The van der Waals surface area contributed by atoms with Crippen LogP contribution in [-0.2, 0) is 4.79 Å². The summed E-state index contributed by atoms with van der Waals surface area (Å²) in [6.07, 6.45) is 6.45. The molecule has 0 aromatic rings. The van der Waals surface area contributed by atoms with Crippen molar-refractivity contribution in [3.63, 3.8) is 0 Å². The van der Waals surface area contributed by atoms with Gasteiger partial charge >= 0.3 is 5.97 Å². The van der Waals surface area contributed by atoms with Crippen molar-refractivity contribution in [1.29, 1.82) is 0 Å². The van der Waals surface area contributed by atoms with Crippen LogP contribution in [0.25, 0.3) is 0 Å². The van der Waals surface area contributed by atoms with Gasteiger partial charge in [-0.25, -0.2) is 0 Å². The van der Waals surface area contributed by atoms with Crippen molar-refractivity contribution in [2.24, 2.45) is 11.8 Å². The minimum Gasteiger partial charge on any atom is -0.481 e. The summed E-state index contributed by atoms with van der Waals surface area (Å²) in [5, 5.41) is 18.5. The lowest BCUT2D eigenvalue weighted by Gasteiger charge is -2.16. The number of hydrogen-bond acceptors (Lipinski definition) is 2. The van der Waals surface area contributed by atoms with Gasteiger partial charge in [-0.05, 0) is 25.7 Å². The van der Waals surface area contributed by atoms with Crippen molar-refractivity contribution in [3.8, 4) is 0 Å². The lowest BCUT2D eigenvalue weighted by Crippen LogP contribution is -2.24. The van der Waals surface area contributed by atoms with Crippen LogP contribution >= 0.6 is 0 Å². The third-order valence-corrected chi connectivity index (χ3v) is 2.91. The van der Waals surface area contributed by atoms with E-state index in [4.69, 9.17) is 5.11 Å². The highest BCUT2D eigenvalue weighted by Gasteiger charge is 2.38. The third-order valence-electron chi connectivity index (χ3n) is 2.91. The molecule has 0 unspecified atom stereocenters. The molecule has 2 N–H and O–H groups in total. The minimum absolute atomic E-state index is 0.0877. The predicted octanol–water partition coefficient (Wildman–Crippen LogP) is 1.81. The second-order valence-electron chi connectivity index (χ2n) is 3.87. The fourth-order valence-electron chi connectivity index (χ4n) is 2.09. The molecule has 3 nitrogen and oxygen atoms in total. The maximum Gasteiger partial charge on any atom is 0.306 e.